The first-order valence-electron chi connectivity index (χ1n) is 5.62. The van der Waals surface area contributed by atoms with Crippen LogP contribution in [0.25, 0.3) is 22.3 Å². The number of halogens is 2. The summed E-state index contributed by atoms with van der Waals surface area (Å²) < 4.78 is 0. The summed E-state index contributed by atoms with van der Waals surface area (Å²) >= 11 is 11.9. The number of hydrogen-bond acceptors (Lipinski definition) is 3. The van der Waals surface area contributed by atoms with Gasteiger partial charge in [0.15, 0.2) is 5.82 Å². The van der Waals surface area contributed by atoms with Crippen LogP contribution in [0.4, 0.5) is 5.82 Å². The van der Waals surface area contributed by atoms with Gasteiger partial charge >= 0.3 is 0 Å². The molecular weight excluding hydrogens is 281 g/mol. The van der Waals surface area contributed by atoms with E-state index in [1.54, 1.807) is 24.3 Å². The van der Waals surface area contributed by atoms with Gasteiger partial charge in [-0.3, -0.25) is 0 Å². The predicted octanol–water partition coefficient (Wildman–Crippen LogP) is 4.19. The number of aromatic nitrogens is 2. The minimum atomic E-state index is 0.405. The van der Waals surface area contributed by atoms with Crippen molar-refractivity contribution in [3.05, 3.63) is 52.5 Å². The summed E-state index contributed by atoms with van der Waals surface area (Å²) in [6, 6.07) is 12.7. The molecule has 3 nitrogen and oxygen atoms in total. The van der Waals surface area contributed by atoms with Crippen molar-refractivity contribution < 1.29 is 0 Å². The molecule has 0 radical (unpaired) electrons. The third kappa shape index (κ3) is 2.35. The monoisotopic (exact) mass is 289 g/mol. The molecule has 0 aliphatic rings. The molecule has 0 atom stereocenters. The summed E-state index contributed by atoms with van der Waals surface area (Å²) in [6.45, 7) is 0. The van der Waals surface area contributed by atoms with Crippen molar-refractivity contribution in [1.82, 2.24) is 9.97 Å². The average Bonchev–Trinajstić information content (AvgIpc) is 2.39. The van der Waals surface area contributed by atoms with Crippen molar-refractivity contribution >= 4 is 39.9 Å². The van der Waals surface area contributed by atoms with Gasteiger partial charge in [0, 0.05) is 21.0 Å². The Bertz CT molecular complexity index is 772. The maximum Gasteiger partial charge on any atom is 0.162 e. The number of anilines is 1. The van der Waals surface area contributed by atoms with Gasteiger partial charge in [-0.25, -0.2) is 9.97 Å². The summed E-state index contributed by atoms with van der Waals surface area (Å²) in [6.07, 6.45) is 0. The van der Waals surface area contributed by atoms with E-state index in [4.69, 9.17) is 28.9 Å². The lowest BCUT2D eigenvalue weighted by atomic mass is 10.2. The Balaban J connectivity index is 2.24. The first-order valence-corrected chi connectivity index (χ1v) is 6.38. The molecule has 2 N–H and O–H groups in total. The van der Waals surface area contributed by atoms with E-state index < -0.39 is 0 Å². The fourth-order valence-corrected chi connectivity index (χ4v) is 2.24. The van der Waals surface area contributed by atoms with Gasteiger partial charge in [0.25, 0.3) is 0 Å². The van der Waals surface area contributed by atoms with Gasteiger partial charge in [-0.15, -0.1) is 0 Å². The minimum absolute atomic E-state index is 0.405. The van der Waals surface area contributed by atoms with Gasteiger partial charge in [-0.2, -0.15) is 0 Å². The molecule has 19 heavy (non-hydrogen) atoms. The second-order valence-electron chi connectivity index (χ2n) is 4.10. The van der Waals surface area contributed by atoms with Gasteiger partial charge in [0.2, 0.25) is 0 Å². The Kier molecular flexibility index (Phi) is 3.01. The highest BCUT2D eigenvalue weighted by atomic mass is 35.5. The number of rotatable bonds is 1. The molecule has 0 amide bonds. The second-order valence-corrected chi connectivity index (χ2v) is 4.98. The maximum atomic E-state index is 5.97. The minimum Gasteiger partial charge on any atom is -0.383 e. The topological polar surface area (TPSA) is 51.8 Å². The van der Waals surface area contributed by atoms with Gasteiger partial charge in [0.1, 0.15) is 5.82 Å². The van der Waals surface area contributed by atoms with Crippen LogP contribution in [0.3, 0.4) is 0 Å². The number of nitrogens with two attached hydrogens (primary N) is 1. The molecule has 0 aliphatic heterocycles. The Labute approximate surface area is 120 Å². The van der Waals surface area contributed by atoms with Crippen molar-refractivity contribution in [2.24, 2.45) is 0 Å². The summed E-state index contributed by atoms with van der Waals surface area (Å²) in [5.74, 6) is 0.956. The van der Waals surface area contributed by atoms with E-state index in [1.807, 2.05) is 18.2 Å². The van der Waals surface area contributed by atoms with Crippen molar-refractivity contribution in [2.45, 2.75) is 0 Å². The van der Waals surface area contributed by atoms with Crippen LogP contribution in [0.2, 0.25) is 10.0 Å². The molecule has 0 unspecified atom stereocenters. The molecule has 1 aromatic heterocycles. The highest BCUT2D eigenvalue weighted by Crippen LogP contribution is 2.26. The number of hydrogen-bond donors (Lipinski definition) is 1. The van der Waals surface area contributed by atoms with Crippen LogP contribution in [0.5, 0.6) is 0 Å². The van der Waals surface area contributed by atoms with E-state index in [0.717, 1.165) is 16.5 Å². The molecule has 0 spiro atoms. The first-order chi connectivity index (χ1) is 9.13. The van der Waals surface area contributed by atoms with Crippen molar-refractivity contribution in [3.63, 3.8) is 0 Å². The van der Waals surface area contributed by atoms with Crippen LogP contribution < -0.4 is 5.73 Å². The van der Waals surface area contributed by atoms with Crippen LogP contribution in [0.15, 0.2) is 42.5 Å². The van der Waals surface area contributed by atoms with Gasteiger partial charge in [-0.05, 0) is 30.3 Å². The standard InChI is InChI=1S/C14H9Cl2N3/c15-9-3-1-2-8(6-9)14-18-12-5-4-10(16)7-11(12)13(17)19-14/h1-7H,(H2,17,18,19). The van der Waals surface area contributed by atoms with E-state index in [1.165, 1.54) is 0 Å². The molecular formula is C14H9Cl2N3. The van der Waals surface area contributed by atoms with E-state index in [2.05, 4.69) is 9.97 Å². The molecule has 0 saturated heterocycles. The normalized spacial score (nSPS) is 10.8. The largest absolute Gasteiger partial charge is 0.383 e. The molecule has 94 valence electrons. The van der Waals surface area contributed by atoms with Crippen LogP contribution in [0, 0.1) is 0 Å². The van der Waals surface area contributed by atoms with E-state index in [9.17, 15) is 0 Å². The zero-order valence-electron chi connectivity index (χ0n) is 9.77. The molecule has 0 fully saturated rings. The van der Waals surface area contributed by atoms with Crippen molar-refractivity contribution in [2.75, 3.05) is 5.73 Å². The molecule has 2 aromatic carbocycles. The van der Waals surface area contributed by atoms with Crippen molar-refractivity contribution in [1.29, 1.82) is 0 Å². The number of benzene rings is 2. The van der Waals surface area contributed by atoms with Gasteiger partial charge in [0.05, 0.1) is 5.52 Å². The lowest BCUT2D eigenvalue weighted by Gasteiger charge is -2.06. The number of fused-ring (bicyclic) bond motifs is 1. The van der Waals surface area contributed by atoms with E-state index in [0.29, 0.717) is 21.7 Å². The second kappa shape index (κ2) is 4.68. The van der Waals surface area contributed by atoms with Gasteiger partial charge < -0.3 is 5.73 Å². The maximum absolute atomic E-state index is 5.97. The quantitative estimate of drug-likeness (QED) is 0.731. The Morgan fingerprint density at radius 2 is 1.68 bits per heavy atom. The van der Waals surface area contributed by atoms with Gasteiger partial charge in [-0.1, -0.05) is 35.3 Å². The molecule has 5 heteroatoms. The summed E-state index contributed by atoms with van der Waals surface area (Å²) in [5.41, 5.74) is 7.54. The highest BCUT2D eigenvalue weighted by molar-refractivity contribution is 6.31. The lowest BCUT2D eigenvalue weighted by Crippen LogP contribution is -1.97. The lowest BCUT2D eigenvalue weighted by molar-refractivity contribution is 1.23. The van der Waals surface area contributed by atoms with E-state index in [-0.39, 0.29) is 0 Å². The molecule has 3 rings (SSSR count). The molecule has 0 saturated carbocycles. The zero-order chi connectivity index (χ0) is 13.4. The van der Waals surface area contributed by atoms with Crippen LogP contribution in [0.1, 0.15) is 0 Å². The average molecular weight is 290 g/mol. The fourth-order valence-electron chi connectivity index (χ4n) is 1.88. The molecule has 3 aromatic rings. The highest BCUT2D eigenvalue weighted by Gasteiger charge is 2.08. The number of nitrogens with zero attached hydrogens (tertiary/aromatic N) is 2. The summed E-state index contributed by atoms with van der Waals surface area (Å²) in [5, 5.41) is 1.99. The molecule has 0 bridgehead atoms. The third-order valence-corrected chi connectivity index (χ3v) is 3.24. The SMILES string of the molecule is Nc1nc(-c2cccc(Cl)c2)nc2ccc(Cl)cc12. The Morgan fingerprint density at radius 1 is 0.895 bits per heavy atom. The Morgan fingerprint density at radius 3 is 2.47 bits per heavy atom. The summed E-state index contributed by atoms with van der Waals surface area (Å²) in [4.78, 5) is 8.78. The smallest absolute Gasteiger partial charge is 0.162 e. The van der Waals surface area contributed by atoms with Crippen LogP contribution in [-0.2, 0) is 0 Å². The number of nitrogen functional groups attached to an aromatic ring is 1. The predicted molar refractivity (Wildman–Crippen MR) is 79.4 cm³/mol. The third-order valence-electron chi connectivity index (χ3n) is 2.77. The van der Waals surface area contributed by atoms with E-state index >= 15 is 0 Å². The van der Waals surface area contributed by atoms with Crippen LogP contribution in [-0.4, -0.2) is 9.97 Å². The van der Waals surface area contributed by atoms with Crippen molar-refractivity contribution in [3.8, 4) is 11.4 Å². The summed E-state index contributed by atoms with van der Waals surface area (Å²) in [7, 11) is 0. The molecule has 0 aliphatic carbocycles. The Hall–Kier alpha value is -1.84. The molecule has 1 heterocycles. The van der Waals surface area contributed by atoms with Crippen LogP contribution >= 0.6 is 23.2 Å². The fraction of sp³-hybridized carbons (Fsp3) is 0. The first kappa shape index (κ1) is 12.2. The zero-order valence-corrected chi connectivity index (χ0v) is 11.3.